The number of aldehydes is 1. The molecular weight excluding hydrogens is 345 g/mol. The number of carbonyl (C=O) groups is 1. The number of alkyl halides is 4. The van der Waals surface area contributed by atoms with Gasteiger partial charge in [-0.05, 0) is 28.7 Å². The SMILES string of the molecule is O=Cc1cc(I)c(OC(F)(F)F)c(CF)n1. The summed E-state index contributed by atoms with van der Waals surface area (Å²) in [6, 6.07) is 1.08. The van der Waals surface area contributed by atoms with Crippen molar-refractivity contribution in [2.75, 3.05) is 0 Å². The quantitative estimate of drug-likeness (QED) is 0.479. The highest BCUT2D eigenvalue weighted by Crippen LogP contribution is 2.31. The molecule has 0 atom stereocenters. The molecule has 0 spiro atoms. The summed E-state index contributed by atoms with van der Waals surface area (Å²) in [4.78, 5) is 13.8. The number of hydrogen-bond acceptors (Lipinski definition) is 3. The van der Waals surface area contributed by atoms with Crippen molar-refractivity contribution in [1.29, 1.82) is 0 Å². The van der Waals surface area contributed by atoms with Crippen LogP contribution in [0.5, 0.6) is 5.75 Å². The van der Waals surface area contributed by atoms with E-state index in [4.69, 9.17) is 0 Å². The molecule has 0 aromatic carbocycles. The second-order valence-electron chi connectivity index (χ2n) is 2.60. The van der Waals surface area contributed by atoms with Crippen LogP contribution < -0.4 is 4.74 Å². The topological polar surface area (TPSA) is 39.2 Å². The normalized spacial score (nSPS) is 11.3. The predicted molar refractivity (Wildman–Crippen MR) is 53.8 cm³/mol. The Balaban J connectivity index is 3.21. The second kappa shape index (κ2) is 4.93. The van der Waals surface area contributed by atoms with Crippen LogP contribution in [0, 0.1) is 3.57 Å². The van der Waals surface area contributed by atoms with E-state index in [1.54, 1.807) is 0 Å². The third-order valence-corrected chi connectivity index (χ3v) is 2.28. The molecule has 0 aliphatic rings. The van der Waals surface area contributed by atoms with Crippen LogP contribution in [0.15, 0.2) is 6.07 Å². The van der Waals surface area contributed by atoms with Gasteiger partial charge in [0.05, 0.1) is 3.57 Å². The Hall–Kier alpha value is -0.930. The zero-order valence-corrected chi connectivity index (χ0v) is 9.67. The van der Waals surface area contributed by atoms with E-state index in [1.807, 2.05) is 0 Å². The fraction of sp³-hybridized carbons (Fsp3) is 0.250. The highest BCUT2D eigenvalue weighted by atomic mass is 127. The van der Waals surface area contributed by atoms with Crippen molar-refractivity contribution in [2.45, 2.75) is 13.0 Å². The van der Waals surface area contributed by atoms with Gasteiger partial charge >= 0.3 is 6.36 Å². The fourth-order valence-corrected chi connectivity index (χ4v) is 1.69. The number of aromatic nitrogens is 1. The summed E-state index contributed by atoms with van der Waals surface area (Å²) in [5, 5.41) is 0. The van der Waals surface area contributed by atoms with Crippen molar-refractivity contribution in [3.05, 3.63) is 21.0 Å². The lowest BCUT2D eigenvalue weighted by Gasteiger charge is -2.13. The lowest BCUT2D eigenvalue weighted by molar-refractivity contribution is -0.275. The Morgan fingerprint density at radius 2 is 2.12 bits per heavy atom. The van der Waals surface area contributed by atoms with Gasteiger partial charge in [0.2, 0.25) is 0 Å². The van der Waals surface area contributed by atoms with E-state index in [1.165, 1.54) is 22.6 Å². The number of nitrogens with zero attached hydrogens (tertiary/aromatic N) is 1. The number of rotatable bonds is 3. The minimum Gasteiger partial charge on any atom is -0.403 e. The lowest BCUT2D eigenvalue weighted by atomic mass is 10.3. The highest BCUT2D eigenvalue weighted by Gasteiger charge is 2.33. The van der Waals surface area contributed by atoms with Gasteiger partial charge in [-0.1, -0.05) is 0 Å². The van der Waals surface area contributed by atoms with E-state index in [0.29, 0.717) is 6.29 Å². The van der Waals surface area contributed by atoms with Gasteiger partial charge in [0, 0.05) is 0 Å². The molecule has 0 N–H and O–H groups in total. The molecule has 0 amide bonds. The maximum Gasteiger partial charge on any atom is 0.573 e. The zero-order chi connectivity index (χ0) is 12.3. The largest absolute Gasteiger partial charge is 0.573 e. The molecule has 1 aromatic heterocycles. The fourth-order valence-electron chi connectivity index (χ4n) is 0.946. The molecular formula is C8H4F4INO2. The maximum absolute atomic E-state index is 12.4. The second-order valence-corrected chi connectivity index (χ2v) is 3.77. The van der Waals surface area contributed by atoms with Gasteiger partial charge < -0.3 is 4.74 Å². The molecule has 0 fully saturated rings. The third-order valence-electron chi connectivity index (χ3n) is 1.48. The standard InChI is InChI=1S/C8H4F4INO2/c9-2-6-7(16-8(10,11)12)5(13)1-4(3-15)14-6/h1,3H,2H2. The molecule has 1 aromatic rings. The van der Waals surface area contributed by atoms with E-state index in [2.05, 4.69) is 9.72 Å². The average Bonchev–Trinajstić information content (AvgIpc) is 2.19. The van der Waals surface area contributed by atoms with E-state index in [9.17, 15) is 22.4 Å². The monoisotopic (exact) mass is 349 g/mol. The number of carbonyl (C=O) groups excluding carboxylic acids is 1. The smallest absolute Gasteiger partial charge is 0.403 e. The van der Waals surface area contributed by atoms with Crippen LogP contribution in [0.3, 0.4) is 0 Å². The maximum atomic E-state index is 12.4. The van der Waals surface area contributed by atoms with Gasteiger partial charge in [-0.2, -0.15) is 0 Å². The number of pyridine rings is 1. The summed E-state index contributed by atoms with van der Waals surface area (Å²) in [6.07, 6.45) is -4.60. The van der Waals surface area contributed by atoms with Crippen LogP contribution in [0.2, 0.25) is 0 Å². The summed E-state index contributed by atoms with van der Waals surface area (Å²) in [5.74, 6) is -0.707. The van der Waals surface area contributed by atoms with Crippen molar-refractivity contribution in [3.63, 3.8) is 0 Å². The van der Waals surface area contributed by atoms with Gasteiger partial charge in [0.25, 0.3) is 0 Å². The van der Waals surface area contributed by atoms with Gasteiger partial charge in [-0.15, -0.1) is 13.2 Å². The Morgan fingerprint density at radius 3 is 2.56 bits per heavy atom. The molecule has 0 aliphatic carbocycles. The molecule has 1 rings (SSSR count). The minimum absolute atomic E-state index is 0.0281. The van der Waals surface area contributed by atoms with Crippen LogP contribution in [-0.4, -0.2) is 17.6 Å². The predicted octanol–water partition coefficient (Wildman–Crippen LogP) is 2.87. The van der Waals surface area contributed by atoms with Crippen LogP contribution in [0.25, 0.3) is 0 Å². The van der Waals surface area contributed by atoms with Crippen molar-refractivity contribution in [2.24, 2.45) is 0 Å². The van der Waals surface area contributed by atoms with Crippen molar-refractivity contribution in [3.8, 4) is 5.75 Å². The number of halogens is 5. The summed E-state index contributed by atoms with van der Waals surface area (Å²) in [5.41, 5.74) is -0.696. The zero-order valence-electron chi connectivity index (χ0n) is 7.52. The summed E-state index contributed by atoms with van der Waals surface area (Å²) in [7, 11) is 0. The van der Waals surface area contributed by atoms with Crippen LogP contribution in [0.1, 0.15) is 16.2 Å². The Bertz CT molecular complexity index is 408. The Kier molecular flexibility index (Phi) is 4.05. The van der Waals surface area contributed by atoms with Crippen LogP contribution >= 0.6 is 22.6 Å². The van der Waals surface area contributed by atoms with Gasteiger partial charge in [0.1, 0.15) is 18.1 Å². The third kappa shape index (κ3) is 3.29. The Labute approximate surface area is 101 Å². The average molecular weight is 349 g/mol. The minimum atomic E-state index is -4.92. The molecule has 8 heteroatoms. The summed E-state index contributed by atoms with van der Waals surface area (Å²) >= 11 is 1.51. The van der Waals surface area contributed by atoms with E-state index < -0.39 is 24.5 Å². The molecule has 0 aliphatic heterocycles. The van der Waals surface area contributed by atoms with E-state index in [0.717, 1.165) is 6.07 Å². The van der Waals surface area contributed by atoms with Gasteiger partial charge in [-0.3, -0.25) is 4.79 Å². The molecule has 0 saturated carbocycles. The molecule has 1 heterocycles. The first-order valence-corrected chi connectivity index (χ1v) is 4.91. The molecule has 0 bridgehead atoms. The van der Waals surface area contributed by atoms with Crippen molar-refractivity contribution < 1.29 is 27.1 Å². The summed E-state index contributed by atoms with van der Waals surface area (Å²) < 4.78 is 52.0. The van der Waals surface area contributed by atoms with E-state index in [-0.39, 0.29) is 9.26 Å². The first kappa shape index (κ1) is 13.1. The molecule has 88 valence electrons. The number of hydrogen-bond donors (Lipinski definition) is 0. The lowest BCUT2D eigenvalue weighted by Crippen LogP contribution is -2.19. The first-order chi connectivity index (χ1) is 7.37. The van der Waals surface area contributed by atoms with Gasteiger partial charge in [-0.25, -0.2) is 9.37 Å². The van der Waals surface area contributed by atoms with E-state index >= 15 is 0 Å². The molecule has 0 unspecified atom stereocenters. The first-order valence-electron chi connectivity index (χ1n) is 3.83. The highest BCUT2D eigenvalue weighted by molar-refractivity contribution is 14.1. The summed E-state index contributed by atoms with van der Waals surface area (Å²) in [6.45, 7) is -1.25. The molecule has 3 nitrogen and oxygen atoms in total. The van der Waals surface area contributed by atoms with Crippen molar-refractivity contribution in [1.82, 2.24) is 4.98 Å². The van der Waals surface area contributed by atoms with Crippen LogP contribution in [-0.2, 0) is 6.67 Å². The Morgan fingerprint density at radius 1 is 1.50 bits per heavy atom. The van der Waals surface area contributed by atoms with Gasteiger partial charge in [0.15, 0.2) is 12.0 Å². The molecule has 0 radical (unpaired) electrons. The van der Waals surface area contributed by atoms with Crippen LogP contribution in [0.4, 0.5) is 17.6 Å². The van der Waals surface area contributed by atoms with Crippen molar-refractivity contribution >= 4 is 28.9 Å². The molecule has 16 heavy (non-hydrogen) atoms. The molecule has 0 saturated heterocycles. The number of ether oxygens (including phenoxy) is 1.